The van der Waals surface area contributed by atoms with Crippen molar-refractivity contribution >= 4 is 30.8 Å². The highest BCUT2D eigenvalue weighted by atomic mass is 35.5. The number of alkyl halides is 1. The predicted octanol–water partition coefficient (Wildman–Crippen LogP) is 3.37. The number of halogens is 1. The van der Waals surface area contributed by atoms with Gasteiger partial charge in [0.1, 0.15) is 0 Å². The first kappa shape index (κ1) is 21.1. The van der Waals surface area contributed by atoms with E-state index in [2.05, 4.69) is 0 Å². The molecule has 1 unspecified atom stereocenters. The number of aliphatic hydroxyl groups excluding tert-OH is 1. The number of nitrogens with zero attached hydrogens (tertiary/aromatic N) is 1. The number of hydrogen-bond acceptors (Lipinski definition) is 5. The number of benzene rings is 1. The Morgan fingerprint density at radius 2 is 1.77 bits per heavy atom. The quantitative estimate of drug-likeness (QED) is 0.266. The maximum Gasteiger partial charge on any atom is 0.261 e. The lowest BCUT2D eigenvalue weighted by molar-refractivity contribution is 0.0651. The number of imide groups is 1. The maximum absolute atomic E-state index is 12.7. The lowest BCUT2D eigenvalue weighted by Gasteiger charge is -2.20. The van der Waals surface area contributed by atoms with E-state index in [-0.39, 0.29) is 23.9 Å². The summed E-state index contributed by atoms with van der Waals surface area (Å²) < 4.78 is 18.1. The molecule has 0 fully saturated rings. The lowest BCUT2D eigenvalue weighted by atomic mass is 10.1. The van der Waals surface area contributed by atoms with Crippen molar-refractivity contribution in [2.75, 3.05) is 31.4 Å². The average molecular weight is 402 g/mol. The Hall–Kier alpha value is -1.20. The zero-order valence-corrected chi connectivity index (χ0v) is 16.5. The Balaban J connectivity index is 1.79. The van der Waals surface area contributed by atoms with Gasteiger partial charge in [0.05, 0.1) is 30.0 Å². The van der Waals surface area contributed by atoms with E-state index in [9.17, 15) is 19.3 Å². The zero-order chi connectivity index (χ0) is 19.2. The summed E-state index contributed by atoms with van der Waals surface area (Å²) in [5.74, 6) is -0.483. The Kier molecular flexibility index (Phi) is 7.84. The Bertz CT molecular complexity index is 661. The van der Waals surface area contributed by atoms with Gasteiger partial charge in [-0.2, -0.15) is 0 Å². The second-order valence-electron chi connectivity index (χ2n) is 6.31. The number of hydrogen-bond donors (Lipinski definition) is 1. The second kappa shape index (κ2) is 9.65. The standard InChI is InChI=1S/C18H25ClNO5P/c1-2-25-26(24,13-14(21)12-19)11-7-3-6-10-20-17(22)15-8-4-5-9-16(15)18(20)23/h4-5,8-9,14,21H,2-3,6-7,10-13H2,1H3/t14-,26?/m0/s1. The zero-order valence-electron chi connectivity index (χ0n) is 14.9. The molecule has 0 aliphatic carbocycles. The Labute approximate surface area is 158 Å². The van der Waals surface area contributed by atoms with Crippen molar-refractivity contribution in [3.8, 4) is 0 Å². The highest BCUT2D eigenvalue weighted by Gasteiger charge is 2.34. The van der Waals surface area contributed by atoms with Crippen LogP contribution in [0.5, 0.6) is 0 Å². The Morgan fingerprint density at radius 3 is 2.31 bits per heavy atom. The van der Waals surface area contributed by atoms with Gasteiger partial charge in [-0.1, -0.05) is 18.6 Å². The molecule has 6 nitrogen and oxygen atoms in total. The van der Waals surface area contributed by atoms with E-state index in [1.54, 1.807) is 31.2 Å². The molecule has 1 N–H and O–H groups in total. The molecule has 0 spiro atoms. The second-order valence-corrected chi connectivity index (χ2v) is 9.32. The molecule has 0 saturated heterocycles. The summed E-state index contributed by atoms with van der Waals surface area (Å²) in [4.78, 5) is 25.8. The number of fused-ring (bicyclic) bond motifs is 1. The molecule has 2 rings (SSSR count). The third-order valence-electron chi connectivity index (χ3n) is 4.29. The molecule has 1 aliphatic rings. The van der Waals surface area contributed by atoms with Crippen molar-refractivity contribution in [3.63, 3.8) is 0 Å². The largest absolute Gasteiger partial charge is 0.391 e. The minimum absolute atomic E-state index is 0.0246. The van der Waals surface area contributed by atoms with Gasteiger partial charge in [0.15, 0.2) is 0 Å². The van der Waals surface area contributed by atoms with Crippen molar-refractivity contribution < 1.29 is 23.8 Å². The lowest BCUT2D eigenvalue weighted by Crippen LogP contribution is -2.30. The van der Waals surface area contributed by atoms with E-state index < -0.39 is 13.5 Å². The molecule has 2 amide bonds. The van der Waals surface area contributed by atoms with Crippen LogP contribution < -0.4 is 0 Å². The summed E-state index contributed by atoms with van der Waals surface area (Å²) in [5, 5.41) is 9.64. The van der Waals surface area contributed by atoms with Crippen molar-refractivity contribution in [1.82, 2.24) is 4.90 Å². The molecule has 26 heavy (non-hydrogen) atoms. The van der Waals surface area contributed by atoms with Crippen LogP contribution in [0.15, 0.2) is 24.3 Å². The van der Waals surface area contributed by atoms with Crippen molar-refractivity contribution in [3.05, 3.63) is 35.4 Å². The number of aliphatic hydroxyl groups is 1. The fraction of sp³-hybridized carbons (Fsp3) is 0.556. The summed E-state index contributed by atoms with van der Waals surface area (Å²) in [5.41, 5.74) is 0.904. The molecular formula is C18H25ClNO5P. The molecule has 1 aliphatic heterocycles. The van der Waals surface area contributed by atoms with Crippen molar-refractivity contribution in [1.29, 1.82) is 0 Å². The molecule has 0 bridgehead atoms. The van der Waals surface area contributed by atoms with Crippen molar-refractivity contribution in [2.45, 2.75) is 32.3 Å². The van der Waals surface area contributed by atoms with E-state index in [4.69, 9.17) is 16.1 Å². The number of amides is 2. The van der Waals surface area contributed by atoms with Crippen LogP contribution in [-0.4, -0.2) is 59.3 Å². The number of unbranched alkanes of at least 4 members (excludes halogenated alkanes) is 2. The van der Waals surface area contributed by atoms with Crippen LogP contribution in [-0.2, 0) is 9.09 Å². The first-order valence-electron chi connectivity index (χ1n) is 8.83. The van der Waals surface area contributed by atoms with Gasteiger partial charge in [0.2, 0.25) is 7.37 Å². The first-order chi connectivity index (χ1) is 12.4. The minimum atomic E-state index is -2.91. The molecular weight excluding hydrogens is 377 g/mol. The summed E-state index contributed by atoms with van der Waals surface area (Å²) in [7, 11) is -2.91. The monoisotopic (exact) mass is 401 g/mol. The van der Waals surface area contributed by atoms with Gasteiger partial charge >= 0.3 is 0 Å². The molecule has 1 aromatic carbocycles. The van der Waals surface area contributed by atoms with Crippen LogP contribution in [0.2, 0.25) is 0 Å². The van der Waals surface area contributed by atoms with Crippen LogP contribution in [0.4, 0.5) is 0 Å². The average Bonchev–Trinajstić information content (AvgIpc) is 2.86. The molecule has 1 aromatic rings. The molecule has 2 atom stereocenters. The van der Waals surface area contributed by atoms with Crippen LogP contribution in [0.1, 0.15) is 46.9 Å². The molecule has 144 valence electrons. The van der Waals surface area contributed by atoms with E-state index in [0.29, 0.717) is 49.7 Å². The highest BCUT2D eigenvalue weighted by Crippen LogP contribution is 2.48. The van der Waals surface area contributed by atoms with Crippen LogP contribution in [0.3, 0.4) is 0 Å². The number of carbonyl (C=O) groups excluding carboxylic acids is 2. The van der Waals surface area contributed by atoms with E-state index in [0.717, 1.165) is 0 Å². The molecule has 1 heterocycles. The van der Waals surface area contributed by atoms with Gasteiger partial charge in [-0.3, -0.25) is 19.1 Å². The highest BCUT2D eigenvalue weighted by molar-refractivity contribution is 7.59. The fourth-order valence-corrected chi connectivity index (χ4v) is 5.68. The predicted molar refractivity (Wildman–Crippen MR) is 101 cm³/mol. The van der Waals surface area contributed by atoms with Crippen LogP contribution in [0.25, 0.3) is 0 Å². The van der Waals surface area contributed by atoms with Gasteiger partial charge in [-0.05, 0) is 31.9 Å². The summed E-state index contributed by atoms with van der Waals surface area (Å²) in [6.07, 6.45) is 1.55. The first-order valence-corrected chi connectivity index (χ1v) is 11.4. The molecule has 0 radical (unpaired) electrons. The van der Waals surface area contributed by atoms with Crippen LogP contribution in [0, 0.1) is 0 Å². The fourth-order valence-electron chi connectivity index (χ4n) is 3.06. The van der Waals surface area contributed by atoms with E-state index in [1.807, 2.05) is 0 Å². The van der Waals surface area contributed by atoms with Gasteiger partial charge in [0.25, 0.3) is 11.8 Å². The van der Waals surface area contributed by atoms with Gasteiger partial charge in [-0.15, -0.1) is 11.6 Å². The van der Waals surface area contributed by atoms with Gasteiger partial charge < -0.3 is 9.63 Å². The van der Waals surface area contributed by atoms with Gasteiger partial charge in [0, 0.05) is 18.6 Å². The summed E-state index contributed by atoms with van der Waals surface area (Å²) >= 11 is 5.58. The molecule has 8 heteroatoms. The summed E-state index contributed by atoms with van der Waals surface area (Å²) in [6, 6.07) is 6.81. The number of rotatable bonds is 11. The molecule has 0 saturated carbocycles. The van der Waals surface area contributed by atoms with E-state index >= 15 is 0 Å². The maximum atomic E-state index is 12.7. The molecule has 0 aromatic heterocycles. The number of carbonyl (C=O) groups is 2. The topological polar surface area (TPSA) is 83.9 Å². The SMILES string of the molecule is CCOP(=O)(CCCCCN1C(=O)c2ccccc2C1=O)C[C@@H](O)CCl. The Morgan fingerprint density at radius 1 is 1.15 bits per heavy atom. The minimum Gasteiger partial charge on any atom is -0.391 e. The summed E-state index contributed by atoms with van der Waals surface area (Å²) in [6.45, 7) is 2.43. The van der Waals surface area contributed by atoms with Gasteiger partial charge in [-0.25, -0.2) is 0 Å². The van der Waals surface area contributed by atoms with Crippen LogP contribution >= 0.6 is 19.0 Å². The normalized spacial score (nSPS) is 17.3. The third-order valence-corrected chi connectivity index (χ3v) is 7.35. The smallest absolute Gasteiger partial charge is 0.261 e. The van der Waals surface area contributed by atoms with Crippen molar-refractivity contribution in [2.24, 2.45) is 0 Å². The van der Waals surface area contributed by atoms with E-state index in [1.165, 1.54) is 4.90 Å². The third kappa shape index (κ3) is 5.17.